The number of hydrogen-bond donors (Lipinski definition) is 1. The van der Waals surface area contributed by atoms with Gasteiger partial charge in [0.05, 0.1) is 0 Å². The Hall–Kier alpha value is -1.83. The van der Waals surface area contributed by atoms with Crippen LogP contribution in [0, 0.1) is 16.7 Å². The van der Waals surface area contributed by atoms with Crippen molar-refractivity contribution < 1.29 is 9.90 Å². The van der Waals surface area contributed by atoms with Gasteiger partial charge in [-0.15, -0.1) is 0 Å². The van der Waals surface area contributed by atoms with Crippen LogP contribution < -0.4 is 0 Å². The molecule has 0 aliphatic heterocycles. The van der Waals surface area contributed by atoms with Crippen molar-refractivity contribution in [2.24, 2.45) is 16.7 Å². The van der Waals surface area contributed by atoms with Crippen LogP contribution in [0.15, 0.2) is 59.3 Å². The van der Waals surface area contributed by atoms with Gasteiger partial charge in [0.15, 0.2) is 0 Å². The molecule has 1 saturated carbocycles. The van der Waals surface area contributed by atoms with Crippen molar-refractivity contribution in [3.8, 4) is 0 Å². The maximum Gasteiger partial charge on any atom is 0.328 e. The highest BCUT2D eigenvalue weighted by molar-refractivity contribution is 5.81. The Labute approximate surface area is 140 Å². The first-order valence-corrected chi connectivity index (χ1v) is 8.33. The molecule has 2 bridgehead atoms. The molecule has 0 aromatic heterocycles. The lowest BCUT2D eigenvalue weighted by Crippen LogP contribution is -2.29. The minimum atomic E-state index is -0.910. The van der Waals surface area contributed by atoms with E-state index < -0.39 is 5.97 Å². The summed E-state index contributed by atoms with van der Waals surface area (Å²) in [6.45, 7) is 11.0. The fourth-order valence-electron chi connectivity index (χ4n) is 3.86. The molecule has 2 aliphatic carbocycles. The fourth-order valence-corrected chi connectivity index (χ4v) is 3.86. The van der Waals surface area contributed by atoms with E-state index >= 15 is 0 Å². The smallest absolute Gasteiger partial charge is 0.328 e. The molecular formula is C21H28O2. The molecule has 0 saturated heterocycles. The quantitative estimate of drug-likeness (QED) is 0.541. The first-order chi connectivity index (χ1) is 10.7. The van der Waals surface area contributed by atoms with Gasteiger partial charge in [0, 0.05) is 6.08 Å². The van der Waals surface area contributed by atoms with E-state index in [4.69, 9.17) is 5.11 Å². The van der Waals surface area contributed by atoms with E-state index in [1.54, 1.807) is 6.92 Å². The highest BCUT2D eigenvalue weighted by atomic mass is 16.4. The molecular weight excluding hydrogens is 284 g/mol. The van der Waals surface area contributed by atoms with Crippen LogP contribution in [0.5, 0.6) is 0 Å². The predicted octanol–water partition coefficient (Wildman–Crippen LogP) is 5.46. The number of rotatable bonds is 5. The molecule has 124 valence electrons. The van der Waals surface area contributed by atoms with E-state index in [1.807, 2.05) is 18.2 Å². The summed E-state index contributed by atoms with van der Waals surface area (Å²) in [6, 6.07) is 0. The maximum atomic E-state index is 10.6. The van der Waals surface area contributed by atoms with Crippen LogP contribution in [0.1, 0.15) is 47.5 Å². The lowest BCUT2D eigenvalue weighted by Gasteiger charge is -2.36. The largest absolute Gasteiger partial charge is 0.478 e. The summed E-state index contributed by atoms with van der Waals surface area (Å²) in [4.78, 5) is 10.6. The molecule has 0 spiro atoms. The van der Waals surface area contributed by atoms with E-state index in [9.17, 15) is 4.79 Å². The lowest BCUT2D eigenvalue weighted by atomic mass is 9.67. The van der Waals surface area contributed by atoms with Gasteiger partial charge in [-0.1, -0.05) is 62.8 Å². The van der Waals surface area contributed by atoms with Crippen molar-refractivity contribution in [2.75, 3.05) is 0 Å². The van der Waals surface area contributed by atoms with Crippen LogP contribution in [0.3, 0.4) is 0 Å². The molecule has 2 atom stereocenters. The Morgan fingerprint density at radius 3 is 2.43 bits per heavy atom. The SMILES string of the molecule is CC(=C/C=C/C(C)=C/C(=O)O)/C=C/C1=C[C@H]2CC[C@@]1(C)C2(C)C. The number of hydrogen-bond acceptors (Lipinski definition) is 1. The second-order valence-electron chi connectivity index (χ2n) is 7.65. The van der Waals surface area contributed by atoms with Gasteiger partial charge >= 0.3 is 5.97 Å². The first-order valence-electron chi connectivity index (χ1n) is 8.33. The zero-order chi connectivity index (χ0) is 17.3. The molecule has 23 heavy (non-hydrogen) atoms. The molecule has 0 aromatic rings. The third-order valence-electron chi connectivity index (χ3n) is 5.92. The number of allylic oxidation sites excluding steroid dienone is 9. The van der Waals surface area contributed by atoms with Gasteiger partial charge < -0.3 is 5.11 Å². The van der Waals surface area contributed by atoms with E-state index in [2.05, 4.69) is 45.9 Å². The molecule has 0 amide bonds. The fraction of sp³-hybridized carbons (Fsp3) is 0.476. The monoisotopic (exact) mass is 312 g/mol. The van der Waals surface area contributed by atoms with E-state index in [0.717, 1.165) is 11.1 Å². The Morgan fingerprint density at radius 2 is 1.91 bits per heavy atom. The zero-order valence-electron chi connectivity index (χ0n) is 14.9. The predicted molar refractivity (Wildman–Crippen MR) is 96.1 cm³/mol. The van der Waals surface area contributed by atoms with Crippen LogP contribution >= 0.6 is 0 Å². The minimum absolute atomic E-state index is 0.297. The second kappa shape index (κ2) is 6.35. The molecule has 1 N–H and O–H groups in total. The highest BCUT2D eigenvalue weighted by Gasteiger charge is 2.56. The molecule has 1 fully saturated rings. The molecule has 0 radical (unpaired) electrons. The van der Waals surface area contributed by atoms with Crippen LogP contribution in [-0.4, -0.2) is 11.1 Å². The van der Waals surface area contributed by atoms with Crippen molar-refractivity contribution >= 4 is 5.97 Å². The summed E-state index contributed by atoms with van der Waals surface area (Å²) in [5.41, 5.74) is 4.02. The standard InChI is InChI=1S/C21H28O2/c1-15(7-6-8-16(2)13-19(22)23)9-10-18-14-17-11-12-21(18,5)20(17,3)4/h6-10,13-14,17H,11-12H2,1-5H3,(H,22,23)/b8-6+,10-9+,15-7-,16-13+/t17-,21-/m1/s1. The van der Waals surface area contributed by atoms with Crippen molar-refractivity contribution in [1.82, 2.24) is 0 Å². The normalized spacial score (nSPS) is 30.5. The van der Waals surface area contributed by atoms with Gasteiger partial charge in [0.2, 0.25) is 0 Å². The van der Waals surface area contributed by atoms with Gasteiger partial charge in [0.25, 0.3) is 0 Å². The molecule has 0 unspecified atom stereocenters. The van der Waals surface area contributed by atoms with Crippen LogP contribution in [0.4, 0.5) is 0 Å². The zero-order valence-corrected chi connectivity index (χ0v) is 14.9. The summed E-state index contributed by atoms with van der Waals surface area (Å²) in [6.07, 6.45) is 16.4. The molecule has 0 aromatic carbocycles. The Kier molecular flexibility index (Phi) is 4.84. The summed E-state index contributed by atoms with van der Waals surface area (Å²) in [5.74, 6) is -0.202. The van der Waals surface area contributed by atoms with Gasteiger partial charge in [-0.2, -0.15) is 0 Å². The molecule has 2 rings (SSSR count). The molecule has 2 heteroatoms. The number of aliphatic carboxylic acids is 1. The Morgan fingerprint density at radius 1 is 1.22 bits per heavy atom. The van der Waals surface area contributed by atoms with Gasteiger partial charge in [-0.05, 0) is 54.6 Å². The first kappa shape index (κ1) is 17.5. The summed E-state index contributed by atoms with van der Waals surface area (Å²) in [5, 5.41) is 8.67. The van der Waals surface area contributed by atoms with Crippen molar-refractivity contribution in [3.05, 3.63) is 59.3 Å². The number of carboxylic acids is 1. The third-order valence-corrected chi connectivity index (χ3v) is 5.92. The lowest BCUT2D eigenvalue weighted by molar-refractivity contribution is -0.131. The molecule has 0 heterocycles. The summed E-state index contributed by atoms with van der Waals surface area (Å²) in [7, 11) is 0. The maximum absolute atomic E-state index is 10.6. The number of fused-ring (bicyclic) bond motifs is 2. The minimum Gasteiger partial charge on any atom is -0.478 e. The van der Waals surface area contributed by atoms with Crippen molar-refractivity contribution in [2.45, 2.75) is 47.5 Å². The highest BCUT2D eigenvalue weighted by Crippen LogP contribution is 2.65. The summed E-state index contributed by atoms with van der Waals surface area (Å²) >= 11 is 0. The third kappa shape index (κ3) is 3.41. The average molecular weight is 312 g/mol. The van der Waals surface area contributed by atoms with Crippen molar-refractivity contribution in [3.63, 3.8) is 0 Å². The van der Waals surface area contributed by atoms with Gasteiger partial charge in [0.1, 0.15) is 0 Å². The van der Waals surface area contributed by atoms with Crippen molar-refractivity contribution in [1.29, 1.82) is 0 Å². The van der Waals surface area contributed by atoms with Gasteiger partial charge in [-0.25, -0.2) is 4.79 Å². The van der Waals surface area contributed by atoms with E-state index in [-0.39, 0.29) is 0 Å². The van der Waals surface area contributed by atoms with Crippen LogP contribution in [-0.2, 0) is 4.79 Å². The Bertz CT molecular complexity index is 641. The molecule has 2 aliphatic rings. The number of carboxylic acid groups (broad SMARTS) is 1. The Balaban J connectivity index is 2.04. The van der Waals surface area contributed by atoms with Gasteiger partial charge in [-0.3, -0.25) is 0 Å². The summed E-state index contributed by atoms with van der Waals surface area (Å²) < 4.78 is 0. The van der Waals surface area contributed by atoms with E-state index in [1.165, 1.54) is 24.5 Å². The van der Waals surface area contributed by atoms with Crippen LogP contribution in [0.2, 0.25) is 0 Å². The molecule has 2 nitrogen and oxygen atoms in total. The van der Waals surface area contributed by atoms with Crippen LogP contribution in [0.25, 0.3) is 0 Å². The van der Waals surface area contributed by atoms with E-state index in [0.29, 0.717) is 16.7 Å². The topological polar surface area (TPSA) is 37.3 Å². The number of carbonyl (C=O) groups is 1. The average Bonchev–Trinajstić information content (AvgIpc) is 2.77. The second-order valence-corrected chi connectivity index (χ2v) is 7.65.